The number of anilines is 1. The molecular weight excluding hydrogens is 321 g/mol. The molecule has 132 valence electrons. The maximum Gasteiger partial charge on any atom is 0.340 e. The molecule has 0 aliphatic carbocycles. The van der Waals surface area contributed by atoms with E-state index in [0.717, 1.165) is 12.1 Å². The summed E-state index contributed by atoms with van der Waals surface area (Å²) in [5, 5.41) is 4.09. The van der Waals surface area contributed by atoms with Crippen LogP contribution in [0.2, 0.25) is 0 Å². The minimum atomic E-state index is -0.946. The van der Waals surface area contributed by atoms with Gasteiger partial charge in [0.25, 0.3) is 5.91 Å². The monoisotopic (exact) mass is 341 g/mol. The first kappa shape index (κ1) is 19.2. The molecule has 4 N–H and O–H groups in total. The molecule has 0 atom stereocenters. The molecule has 1 aromatic carbocycles. The summed E-state index contributed by atoms with van der Waals surface area (Å²) < 4.78 is 24.0. The van der Waals surface area contributed by atoms with Gasteiger partial charge in [0.05, 0.1) is 5.56 Å². The number of nitrogens with one attached hydrogen (secondary N) is 2. The summed E-state index contributed by atoms with van der Waals surface area (Å²) in [6, 6.07) is 1.30. The number of benzene rings is 1. The fraction of sp³-hybridized carbons (Fsp3) is 0.400. The van der Waals surface area contributed by atoms with Gasteiger partial charge in [-0.1, -0.05) is 0 Å². The molecule has 0 aromatic heterocycles. The SMILES string of the molecule is CNC(=O)NC(=O)COC(=O)c1cc(OC(C)(C)C)c(F)cc1N. The Labute approximate surface area is 138 Å². The standard InChI is InChI=1S/C15H20FN3O5/c1-15(2,3)24-11-5-8(10(17)6-9(11)16)13(21)23-7-12(20)19-14(22)18-4/h5-6H,7,17H2,1-4H3,(H2,18,19,20,22). The number of nitrogen functional groups attached to an aromatic ring is 1. The van der Waals surface area contributed by atoms with Crippen molar-refractivity contribution in [2.75, 3.05) is 19.4 Å². The third-order valence-electron chi connectivity index (χ3n) is 2.55. The highest BCUT2D eigenvalue weighted by Gasteiger charge is 2.21. The van der Waals surface area contributed by atoms with Gasteiger partial charge < -0.3 is 20.5 Å². The van der Waals surface area contributed by atoms with Gasteiger partial charge >= 0.3 is 12.0 Å². The highest BCUT2D eigenvalue weighted by molar-refractivity contribution is 5.99. The van der Waals surface area contributed by atoms with Crippen LogP contribution in [-0.2, 0) is 9.53 Å². The Morgan fingerprint density at radius 3 is 2.42 bits per heavy atom. The van der Waals surface area contributed by atoms with Crippen LogP contribution in [0, 0.1) is 5.82 Å². The Morgan fingerprint density at radius 2 is 1.88 bits per heavy atom. The maximum atomic E-state index is 13.9. The molecule has 0 unspecified atom stereocenters. The fourth-order valence-corrected chi connectivity index (χ4v) is 1.59. The lowest BCUT2D eigenvalue weighted by atomic mass is 10.1. The van der Waals surface area contributed by atoms with Crippen LogP contribution in [0.15, 0.2) is 12.1 Å². The van der Waals surface area contributed by atoms with E-state index in [-0.39, 0.29) is 17.0 Å². The van der Waals surface area contributed by atoms with Crippen molar-refractivity contribution < 1.29 is 28.2 Å². The second-order valence-electron chi connectivity index (χ2n) is 5.79. The number of hydrogen-bond donors (Lipinski definition) is 3. The minimum absolute atomic E-state index is 0.150. The predicted octanol–water partition coefficient (Wildman–Crippen LogP) is 1.20. The molecule has 9 heteroatoms. The molecule has 3 amide bonds. The number of hydrogen-bond acceptors (Lipinski definition) is 6. The van der Waals surface area contributed by atoms with Gasteiger partial charge in [-0.15, -0.1) is 0 Å². The van der Waals surface area contributed by atoms with Gasteiger partial charge in [-0.05, 0) is 26.8 Å². The van der Waals surface area contributed by atoms with E-state index in [1.54, 1.807) is 20.8 Å². The first-order valence-electron chi connectivity index (χ1n) is 7.00. The van der Waals surface area contributed by atoms with E-state index in [1.807, 2.05) is 5.32 Å². The van der Waals surface area contributed by atoms with Gasteiger partial charge in [-0.25, -0.2) is 14.0 Å². The Kier molecular flexibility index (Phi) is 6.10. The molecule has 1 rings (SSSR count). The molecule has 1 aromatic rings. The summed E-state index contributed by atoms with van der Waals surface area (Å²) in [6.45, 7) is 4.44. The lowest BCUT2D eigenvalue weighted by Crippen LogP contribution is -2.39. The number of halogens is 1. The van der Waals surface area contributed by atoms with Gasteiger partial charge in [0, 0.05) is 18.8 Å². The van der Waals surface area contributed by atoms with Gasteiger partial charge in [-0.3, -0.25) is 10.1 Å². The van der Waals surface area contributed by atoms with Crippen LogP contribution >= 0.6 is 0 Å². The van der Waals surface area contributed by atoms with Crippen molar-refractivity contribution in [1.29, 1.82) is 0 Å². The molecule has 8 nitrogen and oxygen atoms in total. The van der Waals surface area contributed by atoms with Gasteiger partial charge in [0.2, 0.25) is 0 Å². The summed E-state index contributed by atoms with van der Waals surface area (Å²) in [7, 11) is 1.32. The number of carbonyl (C=O) groups is 3. The molecular formula is C15H20FN3O5. The smallest absolute Gasteiger partial charge is 0.340 e. The van der Waals surface area contributed by atoms with Crippen LogP contribution in [-0.4, -0.2) is 37.2 Å². The van der Waals surface area contributed by atoms with E-state index in [9.17, 15) is 18.8 Å². The molecule has 24 heavy (non-hydrogen) atoms. The molecule has 0 bridgehead atoms. The summed E-state index contributed by atoms with van der Waals surface area (Å²) in [5.41, 5.74) is 4.60. The van der Waals surface area contributed by atoms with Gasteiger partial charge in [0.15, 0.2) is 18.2 Å². The number of nitrogens with two attached hydrogens (primary N) is 1. The highest BCUT2D eigenvalue weighted by Crippen LogP contribution is 2.27. The number of amides is 3. The zero-order chi connectivity index (χ0) is 18.5. The van der Waals surface area contributed by atoms with Crippen molar-refractivity contribution in [3.8, 4) is 5.75 Å². The van der Waals surface area contributed by atoms with Gasteiger partial charge in [0.1, 0.15) is 5.60 Å². The van der Waals surface area contributed by atoms with Crippen molar-refractivity contribution in [1.82, 2.24) is 10.6 Å². The van der Waals surface area contributed by atoms with Crippen LogP contribution in [0.5, 0.6) is 5.75 Å². The molecule has 0 spiro atoms. The Balaban J connectivity index is 2.85. The third-order valence-corrected chi connectivity index (χ3v) is 2.55. The normalized spacial score (nSPS) is 10.7. The second-order valence-corrected chi connectivity index (χ2v) is 5.79. The van der Waals surface area contributed by atoms with Gasteiger partial charge in [-0.2, -0.15) is 0 Å². The van der Waals surface area contributed by atoms with Crippen molar-refractivity contribution in [3.05, 3.63) is 23.5 Å². The quantitative estimate of drug-likeness (QED) is 0.559. The zero-order valence-electron chi connectivity index (χ0n) is 13.9. The van der Waals surface area contributed by atoms with Crippen molar-refractivity contribution in [2.24, 2.45) is 0 Å². The summed E-state index contributed by atoms with van der Waals surface area (Å²) >= 11 is 0. The molecule has 0 saturated heterocycles. The highest BCUT2D eigenvalue weighted by atomic mass is 19.1. The number of carbonyl (C=O) groups excluding carboxylic acids is 3. The van der Waals surface area contributed by atoms with Crippen LogP contribution in [0.4, 0.5) is 14.9 Å². The maximum absolute atomic E-state index is 13.9. The van der Waals surface area contributed by atoms with Crippen molar-refractivity contribution in [3.63, 3.8) is 0 Å². The largest absolute Gasteiger partial charge is 0.485 e. The van der Waals surface area contributed by atoms with Crippen LogP contribution < -0.4 is 21.1 Å². The molecule has 0 heterocycles. The van der Waals surface area contributed by atoms with Crippen LogP contribution in [0.1, 0.15) is 31.1 Å². The Morgan fingerprint density at radius 1 is 1.25 bits per heavy atom. The Bertz CT molecular complexity index is 655. The number of ether oxygens (including phenoxy) is 2. The summed E-state index contributed by atoms with van der Waals surface area (Å²) in [6.07, 6.45) is 0. The van der Waals surface area contributed by atoms with Crippen LogP contribution in [0.3, 0.4) is 0 Å². The fourth-order valence-electron chi connectivity index (χ4n) is 1.59. The van der Waals surface area contributed by atoms with E-state index in [2.05, 4.69) is 5.32 Å². The number of rotatable bonds is 4. The molecule has 0 fully saturated rings. The molecule has 0 radical (unpaired) electrons. The zero-order valence-corrected chi connectivity index (χ0v) is 13.9. The van der Waals surface area contributed by atoms with Crippen molar-refractivity contribution >= 4 is 23.6 Å². The first-order valence-corrected chi connectivity index (χ1v) is 7.00. The lowest BCUT2D eigenvalue weighted by molar-refractivity contribution is -0.123. The van der Waals surface area contributed by atoms with E-state index >= 15 is 0 Å². The van der Waals surface area contributed by atoms with E-state index in [1.165, 1.54) is 7.05 Å². The topological polar surface area (TPSA) is 120 Å². The number of urea groups is 1. The molecule has 0 saturated carbocycles. The average Bonchev–Trinajstić information content (AvgIpc) is 2.46. The first-order chi connectivity index (χ1) is 11.0. The predicted molar refractivity (Wildman–Crippen MR) is 84.1 cm³/mol. The van der Waals surface area contributed by atoms with Crippen LogP contribution in [0.25, 0.3) is 0 Å². The van der Waals surface area contributed by atoms with Crippen molar-refractivity contribution in [2.45, 2.75) is 26.4 Å². The average molecular weight is 341 g/mol. The lowest BCUT2D eigenvalue weighted by Gasteiger charge is -2.22. The minimum Gasteiger partial charge on any atom is -0.485 e. The van der Waals surface area contributed by atoms with E-state index in [4.69, 9.17) is 15.2 Å². The molecule has 0 aliphatic rings. The summed E-state index contributed by atoms with van der Waals surface area (Å²) in [4.78, 5) is 34.3. The number of esters is 1. The molecule has 0 aliphatic heterocycles. The Hall–Kier alpha value is -2.84. The summed E-state index contributed by atoms with van der Waals surface area (Å²) in [5.74, 6) is -2.66. The number of imide groups is 1. The second kappa shape index (κ2) is 7.62. The third kappa shape index (κ3) is 5.75. The van der Waals surface area contributed by atoms with E-state index < -0.39 is 35.9 Å². The van der Waals surface area contributed by atoms with E-state index in [0.29, 0.717) is 0 Å².